The first kappa shape index (κ1) is 20.5. The highest BCUT2D eigenvalue weighted by atomic mass is 35.5. The molecule has 2 heterocycles. The molecule has 0 radical (unpaired) electrons. The Labute approximate surface area is 178 Å². The van der Waals surface area contributed by atoms with E-state index in [4.69, 9.17) is 40.5 Å². The zero-order valence-corrected chi connectivity index (χ0v) is 17.7. The molecular weight excluding hydrogens is 417 g/mol. The van der Waals surface area contributed by atoms with Crippen LogP contribution in [0.3, 0.4) is 0 Å². The number of rotatable bonds is 5. The van der Waals surface area contributed by atoms with Crippen LogP contribution in [0.25, 0.3) is 0 Å². The molecule has 0 saturated carbocycles. The van der Waals surface area contributed by atoms with Crippen molar-refractivity contribution >= 4 is 52.8 Å². The molecular formula is C20H19Cl3N5+. The molecule has 2 N–H and O–H groups in total. The highest BCUT2D eigenvalue weighted by Crippen LogP contribution is 2.24. The van der Waals surface area contributed by atoms with Gasteiger partial charge in [-0.1, -0.05) is 46.9 Å². The summed E-state index contributed by atoms with van der Waals surface area (Å²) in [5.41, 5.74) is 9.61. The Hall–Kier alpha value is -2.21. The Bertz CT molecular complexity index is 1010. The van der Waals surface area contributed by atoms with Crippen molar-refractivity contribution in [1.29, 1.82) is 0 Å². The molecule has 2 aromatic heterocycles. The predicted molar refractivity (Wildman–Crippen MR) is 115 cm³/mol. The first-order chi connectivity index (χ1) is 13.3. The maximum Gasteiger partial charge on any atom is 0.337 e. The van der Waals surface area contributed by atoms with Crippen molar-refractivity contribution in [1.82, 2.24) is 15.0 Å². The zero-order chi connectivity index (χ0) is 20.3. The van der Waals surface area contributed by atoms with E-state index in [1.165, 1.54) is 0 Å². The van der Waals surface area contributed by atoms with E-state index in [0.717, 1.165) is 22.4 Å². The summed E-state index contributed by atoms with van der Waals surface area (Å²) >= 11 is 18.5. The van der Waals surface area contributed by atoms with Crippen LogP contribution in [-0.4, -0.2) is 25.7 Å². The zero-order valence-electron chi connectivity index (χ0n) is 15.5. The maximum atomic E-state index is 6.40. The van der Waals surface area contributed by atoms with Gasteiger partial charge in [0.2, 0.25) is 0 Å². The molecule has 0 saturated heterocycles. The van der Waals surface area contributed by atoms with Gasteiger partial charge in [0.05, 0.1) is 18.0 Å². The van der Waals surface area contributed by atoms with Crippen LogP contribution in [0, 0.1) is 13.8 Å². The van der Waals surface area contributed by atoms with Gasteiger partial charge in [-0.15, -0.1) is 0 Å². The number of anilines is 1. The molecule has 0 fully saturated rings. The molecule has 0 aliphatic rings. The molecule has 0 aliphatic heterocycles. The van der Waals surface area contributed by atoms with Crippen LogP contribution in [0.2, 0.25) is 15.2 Å². The van der Waals surface area contributed by atoms with Crippen LogP contribution >= 0.6 is 34.8 Å². The molecule has 28 heavy (non-hydrogen) atoms. The van der Waals surface area contributed by atoms with Crippen molar-refractivity contribution in [3.05, 3.63) is 74.1 Å². The van der Waals surface area contributed by atoms with Crippen molar-refractivity contribution in [2.45, 2.75) is 26.8 Å². The lowest BCUT2D eigenvalue weighted by atomic mass is 10.1. The van der Waals surface area contributed by atoms with E-state index < -0.39 is 0 Å². The highest BCUT2D eigenvalue weighted by Gasteiger charge is 2.18. The number of nitrogens with zero attached hydrogens (tertiary/aromatic N) is 4. The summed E-state index contributed by atoms with van der Waals surface area (Å²) in [5.74, 6) is 0.698. The van der Waals surface area contributed by atoms with E-state index in [2.05, 4.69) is 15.0 Å². The van der Waals surface area contributed by atoms with Crippen molar-refractivity contribution < 1.29 is 4.58 Å². The lowest BCUT2D eigenvalue weighted by Crippen LogP contribution is -2.14. The van der Waals surface area contributed by atoms with E-state index in [1.54, 1.807) is 12.3 Å². The summed E-state index contributed by atoms with van der Waals surface area (Å²) in [6, 6.07) is 9.34. The summed E-state index contributed by atoms with van der Waals surface area (Å²) < 4.78 is 1.94. The van der Waals surface area contributed by atoms with Gasteiger partial charge in [0.25, 0.3) is 0 Å². The number of hydrogen-bond donors (Lipinski definition) is 1. The van der Waals surface area contributed by atoms with Crippen molar-refractivity contribution in [2.24, 2.45) is 0 Å². The van der Waals surface area contributed by atoms with Gasteiger partial charge in [-0.25, -0.2) is 4.58 Å². The third-order valence-electron chi connectivity index (χ3n) is 4.30. The lowest BCUT2D eigenvalue weighted by molar-refractivity contribution is -0.458. The molecule has 144 valence electrons. The van der Waals surface area contributed by atoms with Crippen LogP contribution in [-0.2, 0) is 13.0 Å². The third-order valence-corrected chi connectivity index (χ3v) is 5.32. The van der Waals surface area contributed by atoms with E-state index in [0.29, 0.717) is 28.8 Å². The molecule has 0 bridgehead atoms. The summed E-state index contributed by atoms with van der Waals surface area (Å²) in [7, 11) is 0. The van der Waals surface area contributed by atoms with Crippen LogP contribution in [0.5, 0.6) is 0 Å². The number of benzene rings is 1. The fourth-order valence-corrected chi connectivity index (χ4v) is 3.18. The van der Waals surface area contributed by atoms with Crippen LogP contribution in [0.4, 0.5) is 11.8 Å². The van der Waals surface area contributed by atoms with Gasteiger partial charge in [-0.05, 0) is 47.7 Å². The van der Waals surface area contributed by atoms with Gasteiger partial charge < -0.3 is 5.73 Å². The summed E-state index contributed by atoms with van der Waals surface area (Å²) in [5, 5.41) is 1.69. The first-order valence-electron chi connectivity index (χ1n) is 8.58. The number of nitrogen functional groups attached to an aromatic ring is 1. The molecule has 3 rings (SSSR count). The normalized spacial score (nSPS) is 11.7. The predicted octanol–water partition coefficient (Wildman–Crippen LogP) is 5.19. The molecule has 5 nitrogen and oxygen atoms in total. The second-order valence-electron chi connectivity index (χ2n) is 6.38. The van der Waals surface area contributed by atoms with Gasteiger partial charge in [0.15, 0.2) is 0 Å². The van der Waals surface area contributed by atoms with Crippen molar-refractivity contribution in [3.8, 4) is 0 Å². The molecule has 0 amide bonds. The van der Waals surface area contributed by atoms with Gasteiger partial charge in [0, 0.05) is 22.7 Å². The molecule has 0 aliphatic carbocycles. The molecule has 8 heteroatoms. The number of pyridine rings is 1. The Morgan fingerprint density at radius 1 is 1.07 bits per heavy atom. The second-order valence-corrected chi connectivity index (χ2v) is 7.58. The van der Waals surface area contributed by atoms with Crippen LogP contribution in [0.1, 0.15) is 22.4 Å². The molecule has 3 aromatic rings. The minimum absolute atomic E-state index is 0.110. The largest absolute Gasteiger partial charge is 0.346 e. The summed E-state index contributed by atoms with van der Waals surface area (Å²) in [6.07, 6.45) is 4.44. The van der Waals surface area contributed by atoms with Crippen LogP contribution in [0.15, 0.2) is 36.5 Å². The minimum atomic E-state index is 0.110. The quantitative estimate of drug-likeness (QED) is 0.340. The molecule has 1 aromatic carbocycles. The second kappa shape index (κ2) is 8.86. The Morgan fingerprint density at radius 3 is 2.46 bits per heavy atom. The van der Waals surface area contributed by atoms with E-state index in [-0.39, 0.29) is 11.1 Å². The average molecular weight is 436 g/mol. The summed E-state index contributed by atoms with van der Waals surface area (Å²) in [6.45, 7) is 4.35. The van der Waals surface area contributed by atoms with E-state index >= 15 is 0 Å². The Morgan fingerprint density at radius 2 is 1.79 bits per heavy atom. The number of hydrogen-bond acceptors (Lipinski definition) is 4. The number of aromatic nitrogens is 3. The van der Waals surface area contributed by atoms with Crippen LogP contribution < -0.4 is 5.73 Å². The molecule has 0 spiro atoms. The first-order valence-corrected chi connectivity index (χ1v) is 9.72. The fourth-order valence-electron chi connectivity index (χ4n) is 2.72. The van der Waals surface area contributed by atoms with Crippen molar-refractivity contribution in [2.75, 3.05) is 5.73 Å². The standard InChI is InChI=1S/C20H19Cl3N5/c1-12-10-25-16(13(2)19(12)23)11-28(18-9-17(22)26-20(24)27-18)8-7-14-3-5-15(21)6-4-14/h3-6,8-10H,7,11H2,1-2H3,(H2,24,26,27)/q+1/b28-8+. The Balaban J connectivity index is 2.00. The molecule has 0 atom stereocenters. The number of aryl methyl sites for hydroxylation is 1. The van der Waals surface area contributed by atoms with Gasteiger partial charge in [-0.2, -0.15) is 4.98 Å². The van der Waals surface area contributed by atoms with E-state index in [1.807, 2.05) is 48.9 Å². The highest BCUT2D eigenvalue weighted by molar-refractivity contribution is 6.32. The monoisotopic (exact) mass is 434 g/mol. The van der Waals surface area contributed by atoms with Crippen molar-refractivity contribution in [3.63, 3.8) is 0 Å². The SMILES string of the molecule is Cc1cnc(C/[N+](=C\Cc2ccc(Cl)cc2)c2cc(Cl)nc(N)n2)c(C)c1Cl. The molecule has 0 unspecified atom stereocenters. The van der Waals surface area contributed by atoms with Gasteiger partial charge in [-0.3, -0.25) is 4.98 Å². The Kier molecular flexibility index (Phi) is 6.50. The average Bonchev–Trinajstić information content (AvgIpc) is 2.65. The number of nitrogens with two attached hydrogens (primary N) is 1. The third kappa shape index (κ3) is 4.98. The van der Waals surface area contributed by atoms with Gasteiger partial charge >= 0.3 is 11.8 Å². The van der Waals surface area contributed by atoms with E-state index in [9.17, 15) is 0 Å². The smallest absolute Gasteiger partial charge is 0.337 e. The fraction of sp³-hybridized carbons (Fsp3) is 0.200. The van der Waals surface area contributed by atoms with Gasteiger partial charge in [0.1, 0.15) is 11.7 Å². The summed E-state index contributed by atoms with van der Waals surface area (Å²) in [4.78, 5) is 12.8. The number of halogens is 3. The minimum Gasteiger partial charge on any atom is -0.346 e. The topological polar surface area (TPSA) is 67.7 Å². The maximum absolute atomic E-state index is 6.40. The lowest BCUT2D eigenvalue weighted by Gasteiger charge is -2.10.